The van der Waals surface area contributed by atoms with E-state index in [4.69, 9.17) is 25.8 Å². The Hall–Kier alpha value is -4.16. The van der Waals surface area contributed by atoms with E-state index >= 15 is 0 Å². The molecular formula is C38H51ClN4O8. The molecule has 3 amide bonds. The number of methoxy groups -OCH3 is 1. The van der Waals surface area contributed by atoms with Gasteiger partial charge in [-0.3, -0.25) is 14.4 Å². The average Bonchev–Trinajstić information content (AvgIpc) is 3.44. The number of hydrogen-bond acceptors (Lipinski definition) is 9. The minimum Gasteiger partial charge on any atom is -0.495 e. The summed E-state index contributed by atoms with van der Waals surface area (Å²) >= 11 is 6.77. The van der Waals surface area contributed by atoms with Gasteiger partial charge in [0.25, 0.3) is 0 Å². The van der Waals surface area contributed by atoms with Crippen molar-refractivity contribution in [1.29, 1.82) is 0 Å². The number of aromatic nitrogens is 1. The number of likely N-dealkylation sites (tertiary alicyclic amines) is 1. The van der Waals surface area contributed by atoms with E-state index in [1.807, 2.05) is 6.08 Å². The maximum Gasteiger partial charge on any atom is 0.408 e. The number of carbonyl (C=O) groups is 4. The van der Waals surface area contributed by atoms with Crippen LogP contribution < -0.4 is 20.1 Å². The van der Waals surface area contributed by atoms with E-state index in [9.17, 15) is 24.3 Å². The van der Waals surface area contributed by atoms with Gasteiger partial charge in [-0.2, -0.15) is 0 Å². The van der Waals surface area contributed by atoms with Gasteiger partial charge in [0.15, 0.2) is 5.78 Å². The lowest BCUT2D eigenvalue weighted by Gasteiger charge is -2.37. The summed E-state index contributed by atoms with van der Waals surface area (Å²) < 4.78 is 17.7. The first-order valence-corrected chi connectivity index (χ1v) is 17.9. The fourth-order valence-corrected chi connectivity index (χ4v) is 7.16. The number of nitrogens with zero attached hydrogens (tertiary/aromatic N) is 2. The van der Waals surface area contributed by atoms with Crippen molar-refractivity contribution in [3.05, 3.63) is 53.7 Å². The second-order valence-electron chi connectivity index (χ2n) is 14.3. The molecule has 1 aromatic heterocycles. The summed E-state index contributed by atoms with van der Waals surface area (Å²) in [6, 6.07) is 0.618. The van der Waals surface area contributed by atoms with E-state index in [2.05, 4.69) is 28.8 Å². The molecule has 0 radical (unpaired) electrons. The van der Waals surface area contributed by atoms with Crippen LogP contribution in [-0.4, -0.2) is 81.7 Å². The molecule has 3 heterocycles. The number of amides is 3. The number of aryl methyl sites for hydroxylation is 1. The van der Waals surface area contributed by atoms with Gasteiger partial charge in [-0.15, -0.1) is 13.2 Å². The van der Waals surface area contributed by atoms with Crippen LogP contribution in [0.2, 0.25) is 5.02 Å². The predicted octanol–water partition coefficient (Wildman–Crippen LogP) is 5.73. The van der Waals surface area contributed by atoms with Crippen LogP contribution in [0.15, 0.2) is 37.4 Å². The van der Waals surface area contributed by atoms with Gasteiger partial charge in [0.05, 0.1) is 36.8 Å². The standard InChI is InChI=1S/C38H51ClN4O8/c1-8-10-11-12-13-15-27(42-36(48)51-37(4,5)6)35(47)43-22-38(20-29(43)34(46)41-25(14-9-2)23(3)45)19-18-24-31-26(16-17-30(49-7)32(31)39)40-28(21-44)33(24)50-38/h8-9,16-17,25,27,29,44H,1-2,10-15,18-22H2,3-7H3,(H,41,46)(H,42,48). The third-order valence-electron chi connectivity index (χ3n) is 9.28. The number of Topliss-reactive ketones (excluding diaryl/α,β-unsaturated/α-hetero) is 1. The van der Waals surface area contributed by atoms with E-state index in [0.717, 1.165) is 24.8 Å². The Morgan fingerprint density at radius 3 is 2.53 bits per heavy atom. The van der Waals surface area contributed by atoms with Crippen molar-refractivity contribution in [3.63, 3.8) is 0 Å². The number of aliphatic hydroxyl groups is 1. The molecule has 4 unspecified atom stereocenters. The summed E-state index contributed by atoms with van der Waals surface area (Å²) in [6.07, 6.45) is 7.25. The summed E-state index contributed by atoms with van der Waals surface area (Å²) in [6.45, 7) is 13.7. The molecule has 0 bridgehead atoms. The lowest BCUT2D eigenvalue weighted by Crippen LogP contribution is -2.55. The van der Waals surface area contributed by atoms with Crippen molar-refractivity contribution < 1.29 is 38.5 Å². The molecule has 3 N–H and O–H groups in total. The van der Waals surface area contributed by atoms with Gasteiger partial charge in [-0.1, -0.05) is 36.6 Å². The zero-order valence-electron chi connectivity index (χ0n) is 30.3. The molecule has 1 fully saturated rings. The molecule has 2 aliphatic heterocycles. The number of ketones is 1. The van der Waals surface area contributed by atoms with Crippen LogP contribution in [0.1, 0.15) is 90.3 Å². The normalized spacial score (nSPS) is 19.4. The summed E-state index contributed by atoms with van der Waals surface area (Å²) in [5.41, 5.74) is -0.232. The molecule has 2 aliphatic rings. The zero-order valence-corrected chi connectivity index (χ0v) is 31.1. The molecule has 13 heteroatoms. The molecule has 12 nitrogen and oxygen atoms in total. The fourth-order valence-electron chi connectivity index (χ4n) is 6.81. The third-order valence-corrected chi connectivity index (χ3v) is 9.66. The maximum atomic E-state index is 14.5. The number of pyridine rings is 1. The molecular weight excluding hydrogens is 676 g/mol. The predicted molar refractivity (Wildman–Crippen MR) is 195 cm³/mol. The second-order valence-corrected chi connectivity index (χ2v) is 14.7. The van der Waals surface area contributed by atoms with Gasteiger partial charge in [0.1, 0.15) is 40.5 Å². The molecule has 0 aliphatic carbocycles. The first-order chi connectivity index (χ1) is 24.2. The summed E-state index contributed by atoms with van der Waals surface area (Å²) in [5.74, 6) is -0.430. The van der Waals surface area contributed by atoms with Crippen LogP contribution in [0.4, 0.5) is 4.79 Å². The molecule has 1 aromatic carbocycles. The van der Waals surface area contributed by atoms with E-state index in [1.165, 1.54) is 18.9 Å². The Labute approximate surface area is 304 Å². The Balaban J connectivity index is 1.73. The Morgan fingerprint density at radius 1 is 1.16 bits per heavy atom. The number of rotatable bonds is 15. The minimum absolute atomic E-state index is 0.00721. The van der Waals surface area contributed by atoms with Crippen molar-refractivity contribution >= 4 is 46.2 Å². The molecule has 0 saturated carbocycles. The van der Waals surface area contributed by atoms with Crippen LogP contribution in [0.5, 0.6) is 11.5 Å². The maximum absolute atomic E-state index is 14.5. The Kier molecular flexibility index (Phi) is 13.1. The lowest BCUT2D eigenvalue weighted by atomic mass is 9.87. The third kappa shape index (κ3) is 9.39. The molecule has 4 atom stereocenters. The molecule has 2 aromatic rings. The van der Waals surface area contributed by atoms with Gasteiger partial charge in [-0.25, -0.2) is 9.78 Å². The molecule has 1 spiro atoms. The summed E-state index contributed by atoms with van der Waals surface area (Å²) in [4.78, 5) is 60.1. The Bertz CT molecular complexity index is 1660. The monoisotopic (exact) mass is 726 g/mol. The first-order valence-electron chi connectivity index (χ1n) is 17.5. The highest BCUT2D eigenvalue weighted by molar-refractivity contribution is 6.37. The highest BCUT2D eigenvalue weighted by Gasteiger charge is 2.53. The number of benzene rings is 1. The van der Waals surface area contributed by atoms with Crippen LogP contribution in [0.25, 0.3) is 10.9 Å². The van der Waals surface area contributed by atoms with Gasteiger partial charge in [0, 0.05) is 17.4 Å². The van der Waals surface area contributed by atoms with Crippen LogP contribution in [-0.2, 0) is 32.1 Å². The number of allylic oxidation sites excluding steroid dienone is 1. The number of ether oxygens (including phenoxy) is 3. The van der Waals surface area contributed by atoms with E-state index < -0.39 is 53.8 Å². The smallest absolute Gasteiger partial charge is 0.408 e. The van der Waals surface area contributed by atoms with Gasteiger partial charge in [0.2, 0.25) is 11.8 Å². The van der Waals surface area contributed by atoms with Crippen molar-refractivity contribution in [3.8, 4) is 11.5 Å². The number of aliphatic hydroxyl groups excluding tert-OH is 1. The van der Waals surface area contributed by atoms with E-state index in [1.54, 1.807) is 39.0 Å². The fraction of sp³-hybridized carbons (Fsp3) is 0.553. The van der Waals surface area contributed by atoms with Crippen molar-refractivity contribution in [2.24, 2.45) is 0 Å². The zero-order chi connectivity index (χ0) is 37.5. The second kappa shape index (κ2) is 16.9. The van der Waals surface area contributed by atoms with Gasteiger partial charge < -0.3 is 34.9 Å². The molecule has 278 valence electrons. The highest BCUT2D eigenvalue weighted by atomic mass is 35.5. The van der Waals surface area contributed by atoms with Crippen LogP contribution in [0, 0.1) is 0 Å². The highest BCUT2D eigenvalue weighted by Crippen LogP contribution is 2.47. The number of unbranched alkanes of at least 4 members (excludes halogenated alkanes) is 3. The number of nitrogens with one attached hydrogen (secondary N) is 2. The molecule has 51 heavy (non-hydrogen) atoms. The van der Waals surface area contributed by atoms with Gasteiger partial charge >= 0.3 is 6.09 Å². The number of halogens is 1. The van der Waals surface area contributed by atoms with Crippen LogP contribution in [0.3, 0.4) is 0 Å². The SMILES string of the molecule is C=CCCCCCC(NC(=O)OC(C)(C)C)C(=O)N1CC2(CCc3c(c(CO)nc4ccc(OC)c(Cl)c34)O2)CC1C(=O)NC(CC=C)C(C)=O. The van der Waals surface area contributed by atoms with Crippen molar-refractivity contribution in [1.82, 2.24) is 20.5 Å². The van der Waals surface area contributed by atoms with Crippen molar-refractivity contribution in [2.75, 3.05) is 13.7 Å². The number of hydrogen-bond donors (Lipinski definition) is 3. The summed E-state index contributed by atoms with van der Waals surface area (Å²) in [5, 5.41) is 17.0. The average molecular weight is 727 g/mol. The number of fused-ring (bicyclic) bond motifs is 3. The molecule has 4 rings (SSSR count). The first kappa shape index (κ1) is 39.6. The van der Waals surface area contributed by atoms with E-state index in [0.29, 0.717) is 58.8 Å². The van der Waals surface area contributed by atoms with Crippen molar-refractivity contribution in [2.45, 2.75) is 121 Å². The lowest BCUT2D eigenvalue weighted by molar-refractivity contribution is -0.141. The topological polar surface area (TPSA) is 156 Å². The quantitative estimate of drug-likeness (QED) is 0.154. The number of carbonyl (C=O) groups excluding carboxylic acids is 4. The number of alkyl carbamates (subject to hydrolysis) is 1. The largest absolute Gasteiger partial charge is 0.495 e. The summed E-state index contributed by atoms with van der Waals surface area (Å²) in [7, 11) is 1.52. The van der Waals surface area contributed by atoms with E-state index in [-0.39, 0.29) is 25.2 Å². The van der Waals surface area contributed by atoms with Crippen LogP contribution >= 0.6 is 11.6 Å². The van der Waals surface area contributed by atoms with Gasteiger partial charge in [-0.05, 0) is 78.4 Å². The minimum atomic E-state index is -1.06. The molecule has 1 saturated heterocycles. The Morgan fingerprint density at radius 2 is 1.90 bits per heavy atom.